The molecule has 5 heterocycles. The average Bonchev–Trinajstić information content (AvgIpc) is 4.02. The van der Waals surface area contributed by atoms with E-state index in [4.69, 9.17) is 0 Å². The zero-order chi connectivity index (χ0) is 37.6. The smallest absolute Gasteiger partial charge is 0.0783 e. The van der Waals surface area contributed by atoms with Crippen LogP contribution in [0.4, 0.5) is 0 Å². The Morgan fingerprint density at radius 1 is 0.259 bits per heavy atom. The second-order valence-corrected chi connectivity index (χ2v) is 15.7. The molecule has 0 aliphatic rings. The molecular formula is C54H32N4. The van der Waals surface area contributed by atoms with Gasteiger partial charge in [-0.3, -0.25) is 0 Å². The van der Waals surface area contributed by atoms with Crippen molar-refractivity contribution in [1.82, 2.24) is 17.9 Å². The van der Waals surface area contributed by atoms with Crippen LogP contribution < -0.4 is 0 Å². The molecule has 0 amide bonds. The highest BCUT2D eigenvalue weighted by atomic mass is 15.0. The van der Waals surface area contributed by atoms with Crippen LogP contribution in [0.1, 0.15) is 0 Å². The molecule has 0 spiro atoms. The van der Waals surface area contributed by atoms with E-state index < -0.39 is 0 Å². The maximum absolute atomic E-state index is 2.60. The normalized spacial score (nSPS) is 12.5. The summed E-state index contributed by atoms with van der Waals surface area (Å²) in [6.07, 6.45) is 0. The molecule has 268 valence electrons. The van der Waals surface area contributed by atoms with Crippen LogP contribution >= 0.6 is 0 Å². The van der Waals surface area contributed by atoms with Gasteiger partial charge in [-0.05, 0) is 66.2 Å². The van der Waals surface area contributed by atoms with Gasteiger partial charge in [0, 0.05) is 60.0 Å². The Labute approximate surface area is 331 Å². The third-order valence-corrected chi connectivity index (χ3v) is 12.8. The van der Waals surface area contributed by atoms with E-state index in [1.54, 1.807) is 0 Å². The Morgan fingerprint density at radius 3 is 1.43 bits per heavy atom. The summed E-state index contributed by atoms with van der Waals surface area (Å²) in [7, 11) is 0. The molecule has 0 bridgehead atoms. The van der Waals surface area contributed by atoms with Crippen molar-refractivity contribution in [1.29, 1.82) is 0 Å². The van der Waals surface area contributed by atoms with Gasteiger partial charge in [0.05, 0.1) is 55.2 Å². The summed E-state index contributed by atoms with van der Waals surface area (Å²) >= 11 is 0. The number of hydrogen-bond donors (Lipinski definition) is 0. The first kappa shape index (κ1) is 30.4. The molecule has 0 aliphatic carbocycles. The highest BCUT2D eigenvalue weighted by Crippen LogP contribution is 2.49. The van der Waals surface area contributed by atoms with Gasteiger partial charge in [-0.2, -0.15) is 0 Å². The van der Waals surface area contributed by atoms with Gasteiger partial charge in [0.1, 0.15) is 0 Å². The molecule has 0 radical (unpaired) electrons. The Bertz CT molecular complexity index is 3990. The highest BCUT2D eigenvalue weighted by Gasteiger charge is 2.28. The SMILES string of the molecule is c1ccc(-c2c3c(cc4c5cccc6c5n(c5cccc7c8ccc9c(c%10ccccc%10n9-c9ccccc9)c8n6c75)c24)c2ccccc2n3-c2ccccc2)cc1. The minimum Gasteiger partial charge on any atom is -0.309 e. The molecule has 4 heteroatoms. The molecule has 0 saturated heterocycles. The summed E-state index contributed by atoms with van der Waals surface area (Å²) < 4.78 is 10.1. The van der Waals surface area contributed by atoms with Crippen molar-refractivity contribution in [2.24, 2.45) is 0 Å². The van der Waals surface area contributed by atoms with E-state index in [2.05, 4.69) is 212 Å². The summed E-state index contributed by atoms with van der Waals surface area (Å²) in [5.74, 6) is 0. The third-order valence-electron chi connectivity index (χ3n) is 12.8. The summed E-state index contributed by atoms with van der Waals surface area (Å²) in [5.41, 5.74) is 17.0. The predicted octanol–water partition coefficient (Wildman–Crippen LogP) is 14.1. The maximum atomic E-state index is 2.60. The predicted molar refractivity (Wildman–Crippen MR) is 244 cm³/mol. The first-order valence-corrected chi connectivity index (χ1v) is 20.0. The van der Waals surface area contributed by atoms with Gasteiger partial charge in [-0.25, -0.2) is 0 Å². The second-order valence-electron chi connectivity index (χ2n) is 15.7. The fourth-order valence-corrected chi connectivity index (χ4v) is 10.7. The molecule has 0 N–H and O–H groups in total. The van der Waals surface area contributed by atoms with Crippen LogP contribution in [-0.2, 0) is 0 Å². The molecule has 0 fully saturated rings. The number of para-hydroxylation sites is 6. The minimum absolute atomic E-state index is 1.15. The largest absolute Gasteiger partial charge is 0.309 e. The van der Waals surface area contributed by atoms with Crippen LogP contribution in [0.25, 0.3) is 121 Å². The Morgan fingerprint density at radius 2 is 0.741 bits per heavy atom. The van der Waals surface area contributed by atoms with Crippen molar-refractivity contribution < 1.29 is 0 Å². The maximum Gasteiger partial charge on any atom is 0.0783 e. The molecule has 0 aliphatic heterocycles. The van der Waals surface area contributed by atoms with E-state index in [1.165, 1.54) is 115 Å². The van der Waals surface area contributed by atoms with E-state index in [1.807, 2.05) is 0 Å². The molecule has 5 aromatic heterocycles. The molecule has 4 nitrogen and oxygen atoms in total. The monoisotopic (exact) mass is 736 g/mol. The van der Waals surface area contributed by atoms with E-state index in [0.29, 0.717) is 0 Å². The lowest BCUT2D eigenvalue weighted by atomic mass is 9.97. The van der Waals surface area contributed by atoms with Crippen LogP contribution in [0.2, 0.25) is 0 Å². The second kappa shape index (κ2) is 10.9. The lowest BCUT2D eigenvalue weighted by Gasteiger charge is -2.15. The number of rotatable bonds is 3. The Balaban J connectivity index is 1.26. The van der Waals surface area contributed by atoms with Crippen molar-refractivity contribution in [3.05, 3.63) is 194 Å². The van der Waals surface area contributed by atoms with Crippen LogP contribution in [0.15, 0.2) is 194 Å². The quantitative estimate of drug-likeness (QED) is 0.161. The summed E-state index contributed by atoms with van der Waals surface area (Å²) in [6.45, 7) is 0. The third kappa shape index (κ3) is 3.66. The van der Waals surface area contributed by atoms with Crippen LogP contribution in [-0.4, -0.2) is 17.9 Å². The zero-order valence-electron chi connectivity index (χ0n) is 31.3. The topological polar surface area (TPSA) is 18.7 Å². The number of nitrogens with zero attached hydrogens (tertiary/aromatic N) is 4. The Kier molecular flexibility index (Phi) is 5.73. The van der Waals surface area contributed by atoms with Crippen LogP contribution in [0.5, 0.6) is 0 Å². The fraction of sp³-hybridized carbons (Fsp3) is 0. The first-order valence-electron chi connectivity index (χ1n) is 20.0. The lowest BCUT2D eigenvalue weighted by molar-refractivity contribution is 1.18. The lowest BCUT2D eigenvalue weighted by Crippen LogP contribution is -1.99. The summed E-state index contributed by atoms with van der Waals surface area (Å²) in [6, 6.07) is 71.5. The van der Waals surface area contributed by atoms with Gasteiger partial charge >= 0.3 is 0 Å². The summed E-state index contributed by atoms with van der Waals surface area (Å²) in [4.78, 5) is 0. The zero-order valence-corrected chi connectivity index (χ0v) is 31.3. The molecule has 0 saturated carbocycles. The summed E-state index contributed by atoms with van der Waals surface area (Å²) in [5, 5.41) is 10.1. The first-order chi connectivity index (χ1) is 28.8. The van der Waals surface area contributed by atoms with Gasteiger partial charge in [0.15, 0.2) is 0 Å². The minimum atomic E-state index is 1.15. The highest BCUT2D eigenvalue weighted by molar-refractivity contribution is 6.32. The fourth-order valence-electron chi connectivity index (χ4n) is 10.7. The average molecular weight is 737 g/mol. The van der Waals surface area contributed by atoms with E-state index in [9.17, 15) is 0 Å². The van der Waals surface area contributed by atoms with Crippen molar-refractivity contribution in [3.8, 4) is 22.5 Å². The molecule has 58 heavy (non-hydrogen) atoms. The van der Waals surface area contributed by atoms with Crippen molar-refractivity contribution >= 4 is 98.3 Å². The van der Waals surface area contributed by atoms with E-state index in [0.717, 1.165) is 5.69 Å². The molecule has 0 unspecified atom stereocenters. The van der Waals surface area contributed by atoms with Crippen LogP contribution in [0.3, 0.4) is 0 Å². The van der Waals surface area contributed by atoms with Crippen LogP contribution in [0, 0.1) is 0 Å². The standard InChI is InChI=1S/C54H32N4/c1-4-16-33(17-5-1)48-53-41(36-22-10-12-26-43(36)56(53)35-20-8-3-9-21-35)32-42-38-25-15-29-47-51(38)58(54(42)48)46-28-14-24-37-39-30-31-45-49(52(39)57(47)50(37)46)40-23-11-13-27-44(40)55(45)34-18-6-2-7-19-34/h1-32H. The van der Waals surface area contributed by atoms with E-state index >= 15 is 0 Å². The molecule has 0 atom stereocenters. The van der Waals surface area contributed by atoms with Gasteiger partial charge in [-0.15, -0.1) is 0 Å². The Hall–Kier alpha value is -7.82. The molecular weight excluding hydrogens is 705 g/mol. The van der Waals surface area contributed by atoms with Gasteiger partial charge in [0.2, 0.25) is 0 Å². The van der Waals surface area contributed by atoms with Crippen molar-refractivity contribution in [2.45, 2.75) is 0 Å². The number of hydrogen-bond acceptors (Lipinski definition) is 0. The molecule has 9 aromatic carbocycles. The van der Waals surface area contributed by atoms with Crippen molar-refractivity contribution in [2.75, 3.05) is 0 Å². The van der Waals surface area contributed by atoms with Gasteiger partial charge in [-0.1, -0.05) is 133 Å². The molecule has 14 rings (SSSR count). The van der Waals surface area contributed by atoms with Gasteiger partial charge in [0.25, 0.3) is 0 Å². The van der Waals surface area contributed by atoms with E-state index in [-0.39, 0.29) is 0 Å². The number of benzene rings is 9. The number of fused-ring (bicyclic) bond motifs is 15. The molecule has 14 aromatic rings. The number of aromatic nitrogens is 4. The van der Waals surface area contributed by atoms with Gasteiger partial charge < -0.3 is 17.9 Å². The van der Waals surface area contributed by atoms with Crippen molar-refractivity contribution in [3.63, 3.8) is 0 Å².